The third-order valence-corrected chi connectivity index (χ3v) is 1.87. The molecule has 0 bridgehead atoms. The molecule has 1 rings (SSSR count). The molecule has 1 amide bonds. The van der Waals surface area contributed by atoms with E-state index >= 15 is 0 Å². The van der Waals surface area contributed by atoms with Gasteiger partial charge in [-0.2, -0.15) is 0 Å². The van der Waals surface area contributed by atoms with Crippen molar-refractivity contribution >= 4 is 5.91 Å². The van der Waals surface area contributed by atoms with Gasteiger partial charge in [0.2, 0.25) is 0 Å². The van der Waals surface area contributed by atoms with Crippen LogP contribution in [-0.2, 0) is 4.79 Å². The normalized spacial score (nSPS) is 10.2. The molecule has 3 nitrogen and oxygen atoms in total. The summed E-state index contributed by atoms with van der Waals surface area (Å²) in [5.74, 6) is 0.191. The molecule has 88 valence electrons. The van der Waals surface area contributed by atoms with Crippen LogP contribution in [0.3, 0.4) is 0 Å². The lowest BCUT2D eigenvalue weighted by atomic mass is 10.2. The van der Waals surface area contributed by atoms with Crippen LogP contribution in [0.1, 0.15) is 13.8 Å². The lowest BCUT2D eigenvalue weighted by Gasteiger charge is -2.08. The summed E-state index contributed by atoms with van der Waals surface area (Å²) in [7, 11) is 0. The monoisotopic (exact) mass is 225 g/mol. The Hall–Kier alpha value is -1.58. The molecule has 0 unspecified atom stereocenters. The van der Waals surface area contributed by atoms with Gasteiger partial charge in [-0.05, 0) is 18.1 Å². The number of hydrogen-bond donors (Lipinski definition) is 1. The lowest BCUT2D eigenvalue weighted by Crippen LogP contribution is -2.31. The number of rotatable bonds is 5. The number of nitrogens with one attached hydrogen (secondary N) is 1. The van der Waals surface area contributed by atoms with Crippen LogP contribution in [0.2, 0.25) is 0 Å². The maximum atomic E-state index is 12.8. The van der Waals surface area contributed by atoms with Crippen molar-refractivity contribution in [3.63, 3.8) is 0 Å². The first-order valence-electron chi connectivity index (χ1n) is 5.23. The van der Waals surface area contributed by atoms with Crippen LogP contribution in [0.5, 0.6) is 5.75 Å². The molecular formula is C12H16FNO2. The average molecular weight is 225 g/mol. The van der Waals surface area contributed by atoms with Gasteiger partial charge in [0.05, 0.1) is 0 Å². The van der Waals surface area contributed by atoms with E-state index in [2.05, 4.69) is 5.32 Å². The molecule has 0 aliphatic rings. The highest BCUT2D eigenvalue weighted by Crippen LogP contribution is 2.11. The molecule has 0 spiro atoms. The van der Waals surface area contributed by atoms with Crippen LogP contribution in [0, 0.1) is 11.7 Å². The lowest BCUT2D eigenvalue weighted by molar-refractivity contribution is -0.123. The van der Waals surface area contributed by atoms with Crippen LogP contribution >= 0.6 is 0 Å². The maximum Gasteiger partial charge on any atom is 0.257 e. The quantitative estimate of drug-likeness (QED) is 0.832. The van der Waals surface area contributed by atoms with Gasteiger partial charge < -0.3 is 10.1 Å². The molecule has 0 aliphatic carbocycles. The molecule has 1 aromatic carbocycles. The number of halogens is 1. The number of carbonyl (C=O) groups is 1. The topological polar surface area (TPSA) is 38.3 Å². The fourth-order valence-electron chi connectivity index (χ4n) is 1.07. The third-order valence-electron chi connectivity index (χ3n) is 1.87. The van der Waals surface area contributed by atoms with Gasteiger partial charge in [0.25, 0.3) is 5.91 Å². The summed E-state index contributed by atoms with van der Waals surface area (Å²) in [6.07, 6.45) is 0. The number of benzene rings is 1. The summed E-state index contributed by atoms with van der Waals surface area (Å²) in [5.41, 5.74) is 0. The zero-order valence-corrected chi connectivity index (χ0v) is 9.50. The standard InChI is InChI=1S/C12H16FNO2/c1-9(2)7-14-12(15)8-16-11-5-3-4-10(13)6-11/h3-6,9H,7-8H2,1-2H3,(H,14,15). The molecule has 16 heavy (non-hydrogen) atoms. The Balaban J connectivity index is 2.31. The Labute approximate surface area is 94.6 Å². The Morgan fingerprint density at radius 3 is 2.88 bits per heavy atom. The van der Waals surface area contributed by atoms with Crippen LogP contribution in [-0.4, -0.2) is 19.1 Å². The number of ether oxygens (including phenoxy) is 1. The Kier molecular flexibility index (Phi) is 4.76. The zero-order valence-electron chi connectivity index (χ0n) is 9.50. The summed E-state index contributed by atoms with van der Waals surface area (Å²) in [6, 6.07) is 5.72. The fourth-order valence-corrected chi connectivity index (χ4v) is 1.07. The van der Waals surface area contributed by atoms with Crippen LogP contribution in [0.25, 0.3) is 0 Å². The maximum absolute atomic E-state index is 12.8. The van der Waals surface area contributed by atoms with Gasteiger partial charge >= 0.3 is 0 Å². The van der Waals surface area contributed by atoms with E-state index < -0.39 is 0 Å². The molecule has 4 heteroatoms. The Bertz CT molecular complexity index is 353. The SMILES string of the molecule is CC(C)CNC(=O)COc1cccc(F)c1. The second-order valence-electron chi connectivity index (χ2n) is 3.94. The summed E-state index contributed by atoms with van der Waals surface area (Å²) < 4.78 is 17.9. The largest absolute Gasteiger partial charge is 0.484 e. The highest BCUT2D eigenvalue weighted by atomic mass is 19.1. The van der Waals surface area contributed by atoms with Gasteiger partial charge in [0, 0.05) is 12.6 Å². The first-order valence-corrected chi connectivity index (χ1v) is 5.23. The van der Waals surface area contributed by atoms with E-state index in [1.807, 2.05) is 13.8 Å². The van der Waals surface area contributed by atoms with Crippen molar-refractivity contribution in [1.29, 1.82) is 0 Å². The summed E-state index contributed by atoms with van der Waals surface area (Å²) in [5, 5.41) is 2.71. The van der Waals surface area contributed by atoms with E-state index in [0.29, 0.717) is 18.2 Å². The second-order valence-corrected chi connectivity index (χ2v) is 3.94. The number of carbonyl (C=O) groups excluding carboxylic acids is 1. The van der Waals surface area contributed by atoms with Crippen molar-refractivity contribution in [1.82, 2.24) is 5.32 Å². The summed E-state index contributed by atoms with van der Waals surface area (Å²) in [6.45, 7) is 4.54. The minimum absolute atomic E-state index is 0.0871. The minimum atomic E-state index is -0.375. The van der Waals surface area contributed by atoms with Crippen molar-refractivity contribution < 1.29 is 13.9 Å². The molecule has 0 aliphatic heterocycles. The summed E-state index contributed by atoms with van der Waals surface area (Å²) in [4.78, 5) is 11.3. The van der Waals surface area contributed by atoms with Crippen LogP contribution in [0.15, 0.2) is 24.3 Å². The smallest absolute Gasteiger partial charge is 0.257 e. The van der Waals surface area contributed by atoms with Crippen molar-refractivity contribution in [2.45, 2.75) is 13.8 Å². The van der Waals surface area contributed by atoms with E-state index in [4.69, 9.17) is 4.74 Å². The number of hydrogen-bond acceptors (Lipinski definition) is 2. The van der Waals surface area contributed by atoms with E-state index in [0.717, 1.165) is 0 Å². The molecule has 1 N–H and O–H groups in total. The highest BCUT2D eigenvalue weighted by molar-refractivity contribution is 5.77. The molecule has 0 aromatic heterocycles. The molecule has 0 heterocycles. The highest BCUT2D eigenvalue weighted by Gasteiger charge is 2.03. The van der Waals surface area contributed by atoms with Gasteiger partial charge in [0.1, 0.15) is 11.6 Å². The molecule has 1 aromatic rings. The molecule has 0 atom stereocenters. The molecule has 0 radical (unpaired) electrons. The zero-order chi connectivity index (χ0) is 12.0. The van der Waals surface area contributed by atoms with Crippen molar-refractivity contribution in [2.75, 3.05) is 13.2 Å². The van der Waals surface area contributed by atoms with E-state index in [9.17, 15) is 9.18 Å². The van der Waals surface area contributed by atoms with Crippen molar-refractivity contribution in [2.24, 2.45) is 5.92 Å². The summed E-state index contributed by atoms with van der Waals surface area (Å²) >= 11 is 0. The predicted octanol–water partition coefficient (Wildman–Crippen LogP) is 1.98. The first-order chi connectivity index (χ1) is 7.58. The minimum Gasteiger partial charge on any atom is -0.484 e. The van der Waals surface area contributed by atoms with E-state index in [1.165, 1.54) is 18.2 Å². The molecule has 0 saturated heterocycles. The first kappa shape index (κ1) is 12.5. The predicted molar refractivity (Wildman–Crippen MR) is 59.7 cm³/mol. The van der Waals surface area contributed by atoms with Crippen LogP contribution < -0.4 is 10.1 Å². The van der Waals surface area contributed by atoms with Crippen molar-refractivity contribution in [3.05, 3.63) is 30.1 Å². The Morgan fingerprint density at radius 2 is 2.25 bits per heavy atom. The number of amides is 1. The van der Waals surface area contributed by atoms with E-state index in [-0.39, 0.29) is 18.3 Å². The molecule has 0 saturated carbocycles. The van der Waals surface area contributed by atoms with Gasteiger partial charge in [-0.3, -0.25) is 4.79 Å². The second kappa shape index (κ2) is 6.10. The van der Waals surface area contributed by atoms with Gasteiger partial charge in [0.15, 0.2) is 6.61 Å². The average Bonchev–Trinajstić information content (AvgIpc) is 2.23. The Morgan fingerprint density at radius 1 is 1.50 bits per heavy atom. The van der Waals surface area contributed by atoms with Crippen LogP contribution in [0.4, 0.5) is 4.39 Å². The van der Waals surface area contributed by atoms with Gasteiger partial charge in [-0.25, -0.2) is 4.39 Å². The van der Waals surface area contributed by atoms with Gasteiger partial charge in [-0.1, -0.05) is 19.9 Å². The van der Waals surface area contributed by atoms with Crippen molar-refractivity contribution in [3.8, 4) is 5.75 Å². The fraction of sp³-hybridized carbons (Fsp3) is 0.417. The van der Waals surface area contributed by atoms with E-state index in [1.54, 1.807) is 6.07 Å². The third kappa shape index (κ3) is 4.77. The molecule has 0 fully saturated rings. The molecular weight excluding hydrogens is 209 g/mol. The van der Waals surface area contributed by atoms with Gasteiger partial charge in [-0.15, -0.1) is 0 Å².